The zero-order valence-corrected chi connectivity index (χ0v) is 13.8. The van der Waals surface area contributed by atoms with Crippen molar-refractivity contribution in [2.45, 2.75) is 26.2 Å². The molecule has 0 unspecified atom stereocenters. The van der Waals surface area contributed by atoms with Gasteiger partial charge in [0.1, 0.15) is 5.82 Å². The topological polar surface area (TPSA) is 38.7 Å². The van der Waals surface area contributed by atoms with E-state index in [2.05, 4.69) is 25.8 Å². The second kappa shape index (κ2) is 6.04. The number of hydrogen-bond acceptors (Lipinski definition) is 3. The lowest BCUT2D eigenvalue weighted by atomic mass is 9.87. The third kappa shape index (κ3) is 3.43. The lowest BCUT2D eigenvalue weighted by Gasteiger charge is -2.18. The zero-order chi connectivity index (χ0) is 17.3. The maximum Gasteiger partial charge on any atom is 0.363 e. The number of rotatable bonds is 2. The van der Waals surface area contributed by atoms with E-state index in [-0.39, 0.29) is 22.8 Å². The molecule has 1 heterocycles. The summed E-state index contributed by atoms with van der Waals surface area (Å²) in [5.41, 5.74) is 2.97. The molecule has 0 amide bonds. The Kier molecular flexibility index (Phi) is 4.06. The van der Waals surface area contributed by atoms with Crippen molar-refractivity contribution in [3.05, 3.63) is 76.7 Å². The van der Waals surface area contributed by atoms with Gasteiger partial charge in [-0.25, -0.2) is 14.2 Å². The number of aliphatic imine (C=N–C) groups is 1. The first-order valence-corrected chi connectivity index (χ1v) is 7.72. The summed E-state index contributed by atoms with van der Waals surface area (Å²) in [5, 5.41) is 0. The van der Waals surface area contributed by atoms with Crippen molar-refractivity contribution in [2.24, 2.45) is 4.99 Å². The van der Waals surface area contributed by atoms with E-state index in [0.29, 0.717) is 5.56 Å². The quantitative estimate of drug-likeness (QED) is 0.604. The minimum absolute atomic E-state index is 0.0753. The highest BCUT2D eigenvalue weighted by Gasteiger charge is 2.24. The summed E-state index contributed by atoms with van der Waals surface area (Å²) in [5.74, 6) is -0.662. The minimum atomic E-state index is -0.505. The molecule has 3 rings (SSSR count). The third-order valence-corrected chi connectivity index (χ3v) is 3.79. The molecule has 24 heavy (non-hydrogen) atoms. The van der Waals surface area contributed by atoms with E-state index in [0.717, 1.165) is 5.56 Å². The number of ether oxygens (including phenoxy) is 1. The van der Waals surface area contributed by atoms with Gasteiger partial charge < -0.3 is 4.74 Å². The largest absolute Gasteiger partial charge is 0.402 e. The van der Waals surface area contributed by atoms with Crippen LogP contribution in [0.4, 0.5) is 4.39 Å². The van der Waals surface area contributed by atoms with Crippen molar-refractivity contribution in [1.29, 1.82) is 0 Å². The Hall–Kier alpha value is -2.75. The van der Waals surface area contributed by atoms with E-state index in [1.807, 2.05) is 24.3 Å². The Labute approximate surface area is 140 Å². The molecule has 0 N–H and O–H groups in total. The number of halogens is 1. The van der Waals surface area contributed by atoms with Gasteiger partial charge in [0, 0.05) is 5.56 Å². The van der Waals surface area contributed by atoms with Gasteiger partial charge in [0.05, 0.1) is 0 Å². The van der Waals surface area contributed by atoms with Gasteiger partial charge in [0.25, 0.3) is 0 Å². The van der Waals surface area contributed by atoms with Gasteiger partial charge in [-0.2, -0.15) is 0 Å². The third-order valence-electron chi connectivity index (χ3n) is 3.79. The standard InChI is InChI=1S/C20H18FNO2/c1-20(2,3)15-8-4-13(5-9-15)12-17-19(23)24-18(22-17)14-6-10-16(21)11-7-14/h4-12H,1-3H3. The predicted octanol–water partition coefficient (Wildman–Crippen LogP) is 4.47. The Bertz CT molecular complexity index is 825. The van der Waals surface area contributed by atoms with Gasteiger partial charge in [0.15, 0.2) is 5.70 Å². The first-order chi connectivity index (χ1) is 11.3. The smallest absolute Gasteiger partial charge is 0.363 e. The average Bonchev–Trinajstić information content (AvgIpc) is 2.89. The first kappa shape index (κ1) is 16.1. The van der Waals surface area contributed by atoms with Crippen LogP contribution in [-0.2, 0) is 14.9 Å². The lowest BCUT2D eigenvalue weighted by Crippen LogP contribution is -2.10. The van der Waals surface area contributed by atoms with E-state index in [9.17, 15) is 9.18 Å². The average molecular weight is 323 g/mol. The van der Waals surface area contributed by atoms with E-state index < -0.39 is 5.97 Å². The molecule has 2 aromatic rings. The van der Waals surface area contributed by atoms with Crippen LogP contribution >= 0.6 is 0 Å². The van der Waals surface area contributed by atoms with Crippen LogP contribution in [0.2, 0.25) is 0 Å². The minimum Gasteiger partial charge on any atom is -0.402 e. The number of carbonyl (C=O) groups is 1. The molecule has 0 atom stereocenters. The molecule has 1 aliphatic rings. The van der Waals surface area contributed by atoms with Gasteiger partial charge in [-0.15, -0.1) is 0 Å². The highest BCUT2D eigenvalue weighted by molar-refractivity contribution is 6.12. The van der Waals surface area contributed by atoms with Gasteiger partial charge in [-0.3, -0.25) is 0 Å². The Balaban J connectivity index is 1.87. The fraction of sp³-hybridized carbons (Fsp3) is 0.200. The molecule has 0 aliphatic carbocycles. The summed E-state index contributed by atoms with van der Waals surface area (Å²) in [6.07, 6.45) is 1.69. The van der Waals surface area contributed by atoms with Crippen molar-refractivity contribution < 1.29 is 13.9 Å². The summed E-state index contributed by atoms with van der Waals surface area (Å²) < 4.78 is 18.1. The molecule has 0 fully saturated rings. The number of cyclic esters (lactones) is 1. The maximum atomic E-state index is 13.0. The molecular weight excluding hydrogens is 305 g/mol. The molecule has 0 saturated carbocycles. The summed E-state index contributed by atoms with van der Waals surface area (Å²) in [4.78, 5) is 16.2. The summed E-state index contributed by atoms with van der Waals surface area (Å²) >= 11 is 0. The predicted molar refractivity (Wildman–Crippen MR) is 92.1 cm³/mol. The number of hydrogen-bond donors (Lipinski definition) is 0. The van der Waals surface area contributed by atoms with Crippen molar-refractivity contribution in [3.63, 3.8) is 0 Å². The second-order valence-corrected chi connectivity index (χ2v) is 6.71. The molecule has 0 saturated heterocycles. The SMILES string of the molecule is CC(C)(C)c1ccc(C=C2N=C(c3ccc(F)cc3)OC2=O)cc1. The monoisotopic (exact) mass is 323 g/mol. The van der Waals surface area contributed by atoms with Crippen LogP contribution in [0.1, 0.15) is 37.5 Å². The fourth-order valence-electron chi connectivity index (χ4n) is 2.36. The molecule has 122 valence electrons. The van der Waals surface area contributed by atoms with Crippen molar-refractivity contribution in [2.75, 3.05) is 0 Å². The molecule has 0 radical (unpaired) electrons. The molecule has 0 bridgehead atoms. The van der Waals surface area contributed by atoms with Crippen LogP contribution in [-0.4, -0.2) is 11.9 Å². The van der Waals surface area contributed by atoms with E-state index in [1.54, 1.807) is 6.08 Å². The molecular formula is C20H18FNO2. The molecule has 3 nitrogen and oxygen atoms in total. The van der Waals surface area contributed by atoms with Gasteiger partial charge >= 0.3 is 5.97 Å². The second-order valence-electron chi connectivity index (χ2n) is 6.71. The normalized spacial score (nSPS) is 16.2. The first-order valence-electron chi connectivity index (χ1n) is 7.72. The summed E-state index contributed by atoms with van der Waals surface area (Å²) in [6, 6.07) is 13.6. The highest BCUT2D eigenvalue weighted by Crippen LogP contribution is 2.24. The number of esters is 1. The van der Waals surface area contributed by atoms with Crippen LogP contribution < -0.4 is 0 Å². The zero-order valence-electron chi connectivity index (χ0n) is 13.8. The maximum absolute atomic E-state index is 13.0. The summed E-state index contributed by atoms with van der Waals surface area (Å²) in [6.45, 7) is 6.44. The Morgan fingerprint density at radius 3 is 2.21 bits per heavy atom. The number of nitrogens with zero attached hydrogens (tertiary/aromatic N) is 1. The van der Waals surface area contributed by atoms with Crippen LogP contribution in [0.3, 0.4) is 0 Å². The van der Waals surface area contributed by atoms with Crippen molar-refractivity contribution in [3.8, 4) is 0 Å². The number of carbonyl (C=O) groups excluding carboxylic acids is 1. The van der Waals surface area contributed by atoms with E-state index in [4.69, 9.17) is 4.74 Å². The Morgan fingerprint density at radius 2 is 1.62 bits per heavy atom. The highest BCUT2D eigenvalue weighted by atomic mass is 19.1. The van der Waals surface area contributed by atoms with Gasteiger partial charge in [-0.05, 0) is 46.9 Å². The molecule has 2 aromatic carbocycles. The molecule has 1 aliphatic heterocycles. The molecule has 0 spiro atoms. The molecule has 4 heteroatoms. The van der Waals surface area contributed by atoms with Crippen LogP contribution in [0.25, 0.3) is 6.08 Å². The van der Waals surface area contributed by atoms with Crippen molar-refractivity contribution >= 4 is 17.9 Å². The van der Waals surface area contributed by atoms with Crippen LogP contribution in [0.15, 0.2) is 59.2 Å². The van der Waals surface area contributed by atoms with Crippen LogP contribution in [0.5, 0.6) is 0 Å². The Morgan fingerprint density at radius 1 is 1.00 bits per heavy atom. The van der Waals surface area contributed by atoms with Gasteiger partial charge in [0.2, 0.25) is 5.90 Å². The fourth-order valence-corrected chi connectivity index (χ4v) is 2.36. The van der Waals surface area contributed by atoms with E-state index in [1.165, 1.54) is 29.8 Å². The van der Waals surface area contributed by atoms with Gasteiger partial charge in [-0.1, -0.05) is 45.0 Å². The number of benzene rings is 2. The lowest BCUT2D eigenvalue weighted by molar-refractivity contribution is -0.129. The van der Waals surface area contributed by atoms with Crippen LogP contribution in [0, 0.1) is 5.82 Å². The molecule has 0 aromatic heterocycles. The van der Waals surface area contributed by atoms with Crippen molar-refractivity contribution in [1.82, 2.24) is 0 Å². The summed E-state index contributed by atoms with van der Waals surface area (Å²) in [7, 11) is 0. The van der Waals surface area contributed by atoms with E-state index >= 15 is 0 Å².